The summed E-state index contributed by atoms with van der Waals surface area (Å²) in [6, 6.07) is 6.68. The van der Waals surface area contributed by atoms with Crippen molar-refractivity contribution in [1.82, 2.24) is 20.2 Å². The number of hydrogen-bond acceptors (Lipinski definition) is 5. The number of carbonyl (C=O) groups is 1. The fourth-order valence-corrected chi connectivity index (χ4v) is 5.70. The van der Waals surface area contributed by atoms with Crippen LogP contribution in [0, 0.1) is 0 Å². The lowest BCUT2D eigenvalue weighted by molar-refractivity contribution is 0.0958. The molecule has 1 atom stereocenters. The second kappa shape index (κ2) is 9.06. The summed E-state index contributed by atoms with van der Waals surface area (Å²) < 4.78 is 0. The zero-order valence-electron chi connectivity index (χ0n) is 18.9. The normalized spacial score (nSPS) is 22.0. The molecular weight excluding hydrogens is 402 g/mol. The fourth-order valence-electron chi connectivity index (χ4n) is 5.70. The van der Waals surface area contributed by atoms with Gasteiger partial charge in [0.15, 0.2) is 0 Å². The monoisotopic (exact) mass is 435 g/mol. The summed E-state index contributed by atoms with van der Waals surface area (Å²) in [6.07, 6.45) is 9.53. The Hall–Kier alpha value is -2.67. The Morgan fingerprint density at radius 3 is 2.69 bits per heavy atom. The van der Waals surface area contributed by atoms with E-state index >= 15 is 0 Å². The van der Waals surface area contributed by atoms with Crippen LogP contribution >= 0.6 is 0 Å². The number of rotatable bonds is 4. The van der Waals surface area contributed by atoms with Crippen LogP contribution in [-0.2, 0) is 12.8 Å². The van der Waals surface area contributed by atoms with Crippen molar-refractivity contribution < 1.29 is 4.79 Å². The number of hydrogen-bond donors (Lipinski definition) is 2. The molecule has 5 rings (SSSR count). The third-order valence-corrected chi connectivity index (χ3v) is 7.59. The van der Waals surface area contributed by atoms with Gasteiger partial charge in [0.05, 0.1) is 11.9 Å². The maximum absolute atomic E-state index is 12.6. The maximum atomic E-state index is 12.6. The Labute approximate surface area is 189 Å². The molecule has 0 spiro atoms. The summed E-state index contributed by atoms with van der Waals surface area (Å²) >= 11 is 0. The van der Waals surface area contributed by atoms with E-state index in [1.807, 2.05) is 12.3 Å². The van der Waals surface area contributed by atoms with Gasteiger partial charge in [0.1, 0.15) is 5.69 Å². The quantitative estimate of drug-likeness (QED) is 0.771. The van der Waals surface area contributed by atoms with Crippen molar-refractivity contribution in [3.8, 4) is 0 Å². The Morgan fingerprint density at radius 2 is 1.94 bits per heavy atom. The smallest absolute Gasteiger partial charge is 0.269 e. The predicted octanol–water partition coefficient (Wildman–Crippen LogP) is 2.47. The van der Waals surface area contributed by atoms with Crippen molar-refractivity contribution in [2.45, 2.75) is 56.9 Å². The molecule has 0 bridgehead atoms. The minimum Gasteiger partial charge on any atom is -0.370 e. The molecule has 2 aromatic rings. The van der Waals surface area contributed by atoms with Gasteiger partial charge in [-0.3, -0.25) is 14.5 Å². The summed E-state index contributed by atoms with van der Waals surface area (Å²) in [7, 11) is 1.62. The van der Waals surface area contributed by atoms with Gasteiger partial charge in [0.2, 0.25) is 0 Å². The van der Waals surface area contributed by atoms with Crippen LogP contribution in [0.25, 0.3) is 0 Å². The molecule has 1 aliphatic carbocycles. The first kappa shape index (κ1) is 21.2. The average Bonchev–Trinajstić information content (AvgIpc) is 3.34. The van der Waals surface area contributed by atoms with Gasteiger partial charge in [0.25, 0.3) is 11.5 Å². The van der Waals surface area contributed by atoms with Crippen LogP contribution in [0.3, 0.4) is 0 Å². The molecule has 7 nitrogen and oxygen atoms in total. The number of nitrogens with one attached hydrogen (secondary N) is 2. The zero-order valence-corrected chi connectivity index (χ0v) is 18.9. The first-order chi connectivity index (χ1) is 15.6. The number of likely N-dealkylation sites (tertiary alicyclic amines) is 1. The molecule has 32 heavy (non-hydrogen) atoms. The molecule has 7 heteroatoms. The van der Waals surface area contributed by atoms with Crippen molar-refractivity contribution in [3.63, 3.8) is 0 Å². The Morgan fingerprint density at radius 1 is 1.12 bits per heavy atom. The molecule has 0 saturated carbocycles. The fraction of sp³-hybridized carbons (Fsp3) is 0.560. The Kier molecular flexibility index (Phi) is 6.00. The third kappa shape index (κ3) is 4.18. The highest BCUT2D eigenvalue weighted by Gasteiger charge is 2.32. The number of aryl methyl sites for hydroxylation is 1. The molecule has 0 radical (unpaired) electrons. The van der Waals surface area contributed by atoms with E-state index in [2.05, 4.69) is 31.2 Å². The third-order valence-electron chi connectivity index (χ3n) is 7.59. The lowest BCUT2D eigenvalue weighted by Gasteiger charge is -2.37. The van der Waals surface area contributed by atoms with Gasteiger partial charge < -0.3 is 15.2 Å². The minimum absolute atomic E-state index is 0.153. The van der Waals surface area contributed by atoms with Crippen molar-refractivity contribution in [2.75, 3.05) is 38.1 Å². The van der Waals surface area contributed by atoms with Gasteiger partial charge >= 0.3 is 0 Å². The largest absolute Gasteiger partial charge is 0.370 e. The summed E-state index contributed by atoms with van der Waals surface area (Å²) in [6.45, 7) is 4.16. The second-order valence-electron chi connectivity index (χ2n) is 9.44. The lowest BCUT2D eigenvalue weighted by atomic mass is 9.90. The van der Waals surface area contributed by atoms with Gasteiger partial charge in [-0.25, -0.2) is 4.98 Å². The van der Waals surface area contributed by atoms with Crippen molar-refractivity contribution in [3.05, 3.63) is 57.3 Å². The molecule has 1 amide bonds. The van der Waals surface area contributed by atoms with Crippen molar-refractivity contribution in [2.24, 2.45) is 0 Å². The van der Waals surface area contributed by atoms with E-state index in [4.69, 9.17) is 0 Å². The van der Waals surface area contributed by atoms with Crippen LogP contribution in [0.15, 0.2) is 29.2 Å². The summed E-state index contributed by atoms with van der Waals surface area (Å²) in [5.74, 6) is 0.286. The highest BCUT2D eigenvalue weighted by Crippen LogP contribution is 2.32. The number of amides is 1. The number of anilines is 1. The Balaban J connectivity index is 1.18. The molecule has 2 aromatic heterocycles. The van der Waals surface area contributed by atoms with Crippen LogP contribution in [-0.4, -0.2) is 60.0 Å². The number of aromatic amines is 1. The highest BCUT2D eigenvalue weighted by atomic mass is 16.1. The van der Waals surface area contributed by atoms with Gasteiger partial charge in [-0.2, -0.15) is 0 Å². The highest BCUT2D eigenvalue weighted by molar-refractivity contribution is 5.92. The van der Waals surface area contributed by atoms with Crippen molar-refractivity contribution in [1.29, 1.82) is 0 Å². The van der Waals surface area contributed by atoms with Crippen LogP contribution in [0.4, 0.5) is 5.69 Å². The molecular formula is C25H33N5O2. The lowest BCUT2D eigenvalue weighted by Crippen LogP contribution is -2.44. The molecule has 0 aromatic carbocycles. The number of aromatic nitrogens is 2. The van der Waals surface area contributed by atoms with E-state index in [9.17, 15) is 9.59 Å². The van der Waals surface area contributed by atoms with Gasteiger partial charge in [0, 0.05) is 49.9 Å². The van der Waals surface area contributed by atoms with Gasteiger partial charge in [-0.1, -0.05) is 0 Å². The first-order valence-corrected chi connectivity index (χ1v) is 12.0. The number of fused-ring (bicyclic) bond motifs is 1. The van der Waals surface area contributed by atoms with Gasteiger partial charge in [-0.15, -0.1) is 0 Å². The SMILES string of the molecule is CNC(=O)c1ccc(N2CCC(N3CCC(c4cc5c(c(=O)[nH]4)CCCC5)C3)CC2)cn1. The number of H-pyrrole nitrogens is 1. The summed E-state index contributed by atoms with van der Waals surface area (Å²) in [5.41, 5.74) is 5.16. The van der Waals surface area contributed by atoms with E-state index in [0.29, 0.717) is 17.7 Å². The van der Waals surface area contributed by atoms with E-state index in [0.717, 1.165) is 81.6 Å². The zero-order chi connectivity index (χ0) is 22.1. The van der Waals surface area contributed by atoms with E-state index in [1.165, 1.54) is 12.0 Å². The Bertz CT molecular complexity index is 1020. The molecule has 2 N–H and O–H groups in total. The molecule has 2 saturated heterocycles. The average molecular weight is 436 g/mol. The van der Waals surface area contributed by atoms with Crippen LogP contribution in [0.5, 0.6) is 0 Å². The van der Waals surface area contributed by atoms with Crippen LogP contribution in [0.1, 0.15) is 65.3 Å². The molecule has 4 heterocycles. The molecule has 1 unspecified atom stereocenters. The topological polar surface area (TPSA) is 81.3 Å². The summed E-state index contributed by atoms with van der Waals surface area (Å²) in [5, 5.41) is 2.61. The first-order valence-electron chi connectivity index (χ1n) is 12.0. The van der Waals surface area contributed by atoms with Crippen molar-refractivity contribution >= 4 is 11.6 Å². The number of carbonyl (C=O) groups excluding carboxylic acids is 1. The van der Waals surface area contributed by atoms with E-state index in [-0.39, 0.29) is 11.5 Å². The van der Waals surface area contributed by atoms with Gasteiger partial charge in [-0.05, 0) is 75.3 Å². The molecule has 2 fully saturated rings. The maximum Gasteiger partial charge on any atom is 0.269 e. The van der Waals surface area contributed by atoms with E-state index < -0.39 is 0 Å². The van der Waals surface area contributed by atoms with E-state index in [1.54, 1.807) is 13.1 Å². The van der Waals surface area contributed by atoms with Crippen LogP contribution < -0.4 is 15.8 Å². The summed E-state index contributed by atoms with van der Waals surface area (Å²) in [4.78, 5) is 36.8. The molecule has 3 aliphatic rings. The molecule has 2 aliphatic heterocycles. The number of piperidine rings is 1. The predicted molar refractivity (Wildman–Crippen MR) is 125 cm³/mol. The van der Waals surface area contributed by atoms with Crippen LogP contribution in [0.2, 0.25) is 0 Å². The number of pyridine rings is 2. The standard InChI is InChI=1S/C25H33N5O2/c1-26-25(32)22-7-6-20(15-27-22)29-12-9-19(10-13-29)30-11-8-18(16-30)23-14-17-4-2-3-5-21(17)24(31)28-23/h6-7,14-15,18-19H,2-5,8-13,16H2,1H3,(H,26,32)(H,28,31). The second-order valence-corrected chi connectivity index (χ2v) is 9.44. The number of nitrogens with zero attached hydrogens (tertiary/aromatic N) is 3. The molecule has 170 valence electrons. The minimum atomic E-state index is -0.154.